The molecule has 0 saturated heterocycles. The second-order valence-corrected chi connectivity index (χ2v) is 6.93. The van der Waals surface area contributed by atoms with Crippen molar-refractivity contribution < 1.29 is 31.9 Å². The predicted octanol–water partition coefficient (Wildman–Crippen LogP) is 6.05. The molecule has 1 heterocycles. The molecule has 3 aromatic carbocycles. The van der Waals surface area contributed by atoms with Crippen LogP contribution in [0.4, 0.5) is 22.0 Å². The van der Waals surface area contributed by atoms with Gasteiger partial charge in [0.2, 0.25) is 0 Å². The summed E-state index contributed by atoms with van der Waals surface area (Å²) >= 11 is 5.90. The van der Waals surface area contributed by atoms with Gasteiger partial charge in [0.15, 0.2) is 0 Å². The summed E-state index contributed by atoms with van der Waals surface area (Å²) in [6, 6.07) is 9.26. The van der Waals surface area contributed by atoms with E-state index in [0.29, 0.717) is 10.7 Å². The van der Waals surface area contributed by atoms with E-state index in [1.807, 2.05) is 0 Å². The summed E-state index contributed by atoms with van der Waals surface area (Å²) in [6.07, 6.45) is -4.90. The number of aromatic nitrogens is 2. The van der Waals surface area contributed by atoms with Crippen molar-refractivity contribution in [2.45, 2.75) is 6.18 Å². The van der Waals surface area contributed by atoms with Crippen LogP contribution in [0.15, 0.2) is 54.6 Å². The second kappa shape index (κ2) is 7.35. The number of fused-ring (bicyclic) bond motifs is 1. The zero-order valence-electron chi connectivity index (χ0n) is 15.2. The van der Waals surface area contributed by atoms with Gasteiger partial charge in [0.1, 0.15) is 23.1 Å². The van der Waals surface area contributed by atoms with Crippen molar-refractivity contribution in [1.82, 2.24) is 9.78 Å². The van der Waals surface area contributed by atoms with E-state index in [0.717, 1.165) is 36.4 Å². The number of carbonyl (C=O) groups excluding carboxylic acids is 1. The molecule has 0 aliphatic rings. The van der Waals surface area contributed by atoms with Gasteiger partial charge in [-0.3, -0.25) is 4.79 Å². The van der Waals surface area contributed by atoms with Crippen LogP contribution >= 0.6 is 11.6 Å². The Kier molecular flexibility index (Phi) is 4.93. The van der Waals surface area contributed by atoms with Gasteiger partial charge in [-0.15, -0.1) is 0 Å². The summed E-state index contributed by atoms with van der Waals surface area (Å²) < 4.78 is 70.0. The molecule has 0 atom stereocenters. The van der Waals surface area contributed by atoms with E-state index < -0.39 is 39.9 Å². The van der Waals surface area contributed by atoms with Crippen LogP contribution in [0.25, 0.3) is 22.2 Å². The molecule has 0 bridgehead atoms. The number of phenolic OH excluding ortho intramolecular Hbond substituents is 1. The Hall–Kier alpha value is -3.46. The van der Waals surface area contributed by atoms with Gasteiger partial charge in [0, 0.05) is 5.56 Å². The molecular weight excluding hydrogens is 443 g/mol. The van der Waals surface area contributed by atoms with Gasteiger partial charge >= 0.3 is 6.18 Å². The Bertz CT molecular complexity index is 1350. The van der Waals surface area contributed by atoms with Crippen molar-refractivity contribution >= 4 is 28.4 Å². The molecule has 4 rings (SSSR count). The first-order valence-corrected chi connectivity index (χ1v) is 9.04. The number of alkyl halides is 3. The van der Waals surface area contributed by atoms with Crippen LogP contribution in [0.1, 0.15) is 15.9 Å². The first kappa shape index (κ1) is 20.8. The smallest absolute Gasteiger partial charge is 0.417 e. The van der Waals surface area contributed by atoms with Crippen LogP contribution in [0, 0.1) is 11.6 Å². The van der Waals surface area contributed by atoms with Crippen LogP contribution in [0.3, 0.4) is 0 Å². The fraction of sp³-hybridized carbons (Fsp3) is 0.0476. The zero-order chi connectivity index (χ0) is 22.5. The number of phenols is 1. The molecule has 1 N–H and O–H groups in total. The number of benzene rings is 3. The maximum absolute atomic E-state index is 14.6. The van der Waals surface area contributed by atoms with E-state index >= 15 is 0 Å². The number of aromatic hydroxyl groups is 1. The van der Waals surface area contributed by atoms with Crippen molar-refractivity contribution in [1.29, 1.82) is 0 Å². The summed E-state index contributed by atoms with van der Waals surface area (Å²) in [7, 11) is 0. The normalized spacial score (nSPS) is 11.8. The quantitative estimate of drug-likeness (QED) is 0.377. The van der Waals surface area contributed by atoms with Crippen LogP contribution in [-0.2, 0) is 6.18 Å². The largest absolute Gasteiger partial charge is 0.508 e. The lowest BCUT2D eigenvalue weighted by Gasteiger charge is -2.13. The Morgan fingerprint density at radius 2 is 1.71 bits per heavy atom. The molecule has 0 unspecified atom stereocenters. The summed E-state index contributed by atoms with van der Waals surface area (Å²) in [5.41, 5.74) is -3.08. The third-order valence-electron chi connectivity index (χ3n) is 4.59. The van der Waals surface area contributed by atoms with Crippen molar-refractivity contribution in [3.05, 3.63) is 82.4 Å². The highest BCUT2D eigenvalue weighted by molar-refractivity contribution is 6.34. The number of hydrogen-bond donors (Lipinski definition) is 1. The lowest BCUT2D eigenvalue weighted by Crippen LogP contribution is -2.20. The van der Waals surface area contributed by atoms with Crippen LogP contribution < -0.4 is 0 Å². The fourth-order valence-electron chi connectivity index (χ4n) is 3.25. The molecule has 4 aromatic rings. The molecule has 0 saturated carbocycles. The Morgan fingerprint density at radius 1 is 1.00 bits per heavy atom. The van der Waals surface area contributed by atoms with Crippen molar-refractivity contribution in [2.75, 3.05) is 0 Å². The zero-order valence-corrected chi connectivity index (χ0v) is 16.0. The van der Waals surface area contributed by atoms with E-state index in [4.69, 9.17) is 11.6 Å². The van der Waals surface area contributed by atoms with Crippen LogP contribution in [-0.4, -0.2) is 20.8 Å². The van der Waals surface area contributed by atoms with Gasteiger partial charge in [-0.2, -0.15) is 23.0 Å². The molecule has 0 fully saturated rings. The van der Waals surface area contributed by atoms with Crippen molar-refractivity contribution in [2.24, 2.45) is 0 Å². The summed E-state index contributed by atoms with van der Waals surface area (Å²) in [5.74, 6) is -3.40. The molecule has 0 amide bonds. The lowest BCUT2D eigenvalue weighted by atomic mass is 10.1. The molecular formula is C21H10ClF5N2O2. The van der Waals surface area contributed by atoms with Crippen molar-refractivity contribution in [3.8, 4) is 17.0 Å². The summed E-state index contributed by atoms with van der Waals surface area (Å²) in [4.78, 5) is 13.1. The van der Waals surface area contributed by atoms with Gasteiger partial charge in [-0.25, -0.2) is 8.78 Å². The SMILES string of the molecule is O=C(c1c(Cl)cccc1C(F)(F)F)n1nc(-c2cc(O)ccc2F)c2c(F)cccc21. The topological polar surface area (TPSA) is 55.1 Å². The first-order chi connectivity index (χ1) is 14.6. The molecule has 0 aliphatic carbocycles. The van der Waals surface area contributed by atoms with Crippen LogP contribution in [0.2, 0.25) is 5.02 Å². The van der Waals surface area contributed by atoms with E-state index in [9.17, 15) is 31.9 Å². The Morgan fingerprint density at radius 3 is 2.42 bits per heavy atom. The molecule has 158 valence electrons. The minimum Gasteiger partial charge on any atom is -0.508 e. The summed E-state index contributed by atoms with van der Waals surface area (Å²) in [5, 5.41) is 12.8. The van der Waals surface area contributed by atoms with E-state index in [1.165, 1.54) is 12.1 Å². The van der Waals surface area contributed by atoms with E-state index in [-0.39, 0.29) is 27.9 Å². The number of rotatable bonds is 2. The highest BCUT2D eigenvalue weighted by Crippen LogP contribution is 2.37. The number of nitrogens with zero attached hydrogens (tertiary/aromatic N) is 2. The molecule has 0 radical (unpaired) electrons. The van der Waals surface area contributed by atoms with Gasteiger partial charge < -0.3 is 5.11 Å². The standard InChI is InChI=1S/C21H10ClF5N2O2/c22-13-4-1-3-12(21(25,26)27)17(13)20(31)29-16-6-2-5-15(24)18(16)19(28-29)11-9-10(30)7-8-14(11)23/h1-9,30H. The molecule has 10 heteroatoms. The molecule has 0 spiro atoms. The van der Waals surface area contributed by atoms with Crippen molar-refractivity contribution in [3.63, 3.8) is 0 Å². The second-order valence-electron chi connectivity index (χ2n) is 6.52. The van der Waals surface area contributed by atoms with Gasteiger partial charge in [-0.1, -0.05) is 23.7 Å². The molecule has 31 heavy (non-hydrogen) atoms. The minimum absolute atomic E-state index is 0.198. The minimum atomic E-state index is -4.90. The first-order valence-electron chi connectivity index (χ1n) is 8.66. The van der Waals surface area contributed by atoms with Gasteiger partial charge in [0.05, 0.1) is 27.1 Å². The maximum atomic E-state index is 14.6. The molecule has 1 aromatic heterocycles. The maximum Gasteiger partial charge on any atom is 0.417 e. The monoisotopic (exact) mass is 452 g/mol. The fourth-order valence-corrected chi connectivity index (χ4v) is 3.50. The third kappa shape index (κ3) is 3.50. The lowest BCUT2D eigenvalue weighted by molar-refractivity contribution is -0.137. The van der Waals surface area contributed by atoms with Gasteiger partial charge in [-0.05, 0) is 42.5 Å². The van der Waals surface area contributed by atoms with E-state index in [1.54, 1.807) is 0 Å². The number of hydrogen-bond acceptors (Lipinski definition) is 3. The Balaban J connectivity index is 2.03. The Labute approximate surface area is 176 Å². The highest BCUT2D eigenvalue weighted by Gasteiger charge is 2.37. The third-order valence-corrected chi connectivity index (χ3v) is 4.90. The number of halogens is 6. The van der Waals surface area contributed by atoms with Gasteiger partial charge in [0.25, 0.3) is 5.91 Å². The predicted molar refractivity (Wildman–Crippen MR) is 103 cm³/mol. The summed E-state index contributed by atoms with van der Waals surface area (Å²) in [6.45, 7) is 0. The average molecular weight is 453 g/mol. The van der Waals surface area contributed by atoms with Crippen LogP contribution in [0.5, 0.6) is 5.75 Å². The molecule has 4 nitrogen and oxygen atoms in total. The average Bonchev–Trinajstić information content (AvgIpc) is 3.09. The molecule has 0 aliphatic heterocycles. The number of carbonyl (C=O) groups is 1. The van der Waals surface area contributed by atoms with E-state index in [2.05, 4.69) is 5.10 Å². The highest BCUT2D eigenvalue weighted by atomic mass is 35.5.